The van der Waals surface area contributed by atoms with Crippen molar-refractivity contribution >= 4 is 40.5 Å². The van der Waals surface area contributed by atoms with Gasteiger partial charge in [0.25, 0.3) is 0 Å². The minimum atomic E-state index is -1.09. The van der Waals surface area contributed by atoms with Gasteiger partial charge in [-0.15, -0.1) is 11.3 Å². The Bertz CT molecular complexity index is 1060. The van der Waals surface area contributed by atoms with Crippen LogP contribution in [0.5, 0.6) is 0 Å². The quantitative estimate of drug-likeness (QED) is 0.619. The van der Waals surface area contributed by atoms with Gasteiger partial charge >= 0.3 is 5.97 Å². The second-order valence-corrected chi connectivity index (χ2v) is 7.71. The molecule has 27 heavy (non-hydrogen) atoms. The van der Waals surface area contributed by atoms with Gasteiger partial charge in [0.1, 0.15) is 10.7 Å². The monoisotopic (exact) mass is 401 g/mol. The molecule has 2 N–H and O–H groups in total. The van der Waals surface area contributed by atoms with Crippen molar-refractivity contribution in [3.05, 3.63) is 74.7 Å². The highest BCUT2D eigenvalue weighted by Crippen LogP contribution is 2.49. The molecular weight excluding hydrogens is 389 g/mol. The predicted molar refractivity (Wildman–Crippen MR) is 103 cm³/mol. The average molecular weight is 402 g/mol. The van der Waals surface area contributed by atoms with Crippen LogP contribution >= 0.6 is 22.9 Å². The van der Waals surface area contributed by atoms with Gasteiger partial charge in [0, 0.05) is 27.8 Å². The van der Waals surface area contributed by atoms with Crippen molar-refractivity contribution < 1.29 is 19.1 Å². The number of rotatable bonds is 3. The Labute approximate surface area is 163 Å². The fraction of sp³-hybridized carbons (Fsp3) is 0.100. The SMILES string of the molecule is O=C1C[C@H](c2cccc(Cl)c2)c2sc(C(=O)O)c(-c3ccc(F)cc3)c2N1. The molecule has 0 spiro atoms. The Kier molecular flexibility index (Phi) is 4.45. The van der Waals surface area contributed by atoms with Crippen LogP contribution in [0.1, 0.15) is 32.5 Å². The first kappa shape index (κ1) is 17.7. The van der Waals surface area contributed by atoms with Crippen molar-refractivity contribution in [2.75, 3.05) is 5.32 Å². The molecule has 4 rings (SSSR count). The number of carbonyl (C=O) groups is 2. The second-order valence-electron chi connectivity index (χ2n) is 6.22. The molecule has 1 aliphatic rings. The van der Waals surface area contributed by atoms with Gasteiger partial charge < -0.3 is 10.4 Å². The molecule has 0 aliphatic carbocycles. The molecule has 4 nitrogen and oxygen atoms in total. The maximum Gasteiger partial charge on any atom is 0.346 e. The first-order chi connectivity index (χ1) is 12.9. The number of anilines is 1. The van der Waals surface area contributed by atoms with E-state index in [1.807, 2.05) is 6.07 Å². The zero-order valence-electron chi connectivity index (χ0n) is 13.8. The van der Waals surface area contributed by atoms with E-state index in [9.17, 15) is 19.1 Å². The Balaban J connectivity index is 1.94. The Hall–Kier alpha value is -2.70. The minimum absolute atomic E-state index is 0.112. The van der Waals surface area contributed by atoms with Crippen LogP contribution in [0.4, 0.5) is 10.1 Å². The lowest BCUT2D eigenvalue weighted by atomic mass is 9.88. The summed E-state index contributed by atoms with van der Waals surface area (Å²) in [5.41, 5.74) is 2.27. The van der Waals surface area contributed by atoms with E-state index >= 15 is 0 Å². The summed E-state index contributed by atoms with van der Waals surface area (Å²) < 4.78 is 13.3. The molecule has 3 aromatic rings. The van der Waals surface area contributed by atoms with Gasteiger partial charge in [0.15, 0.2) is 0 Å². The molecule has 7 heteroatoms. The highest BCUT2D eigenvalue weighted by atomic mass is 35.5. The van der Waals surface area contributed by atoms with E-state index in [-0.39, 0.29) is 23.1 Å². The van der Waals surface area contributed by atoms with E-state index < -0.39 is 11.8 Å². The molecule has 1 amide bonds. The normalized spacial score (nSPS) is 15.9. The number of nitrogens with one attached hydrogen (secondary N) is 1. The van der Waals surface area contributed by atoms with Crippen LogP contribution in [0.25, 0.3) is 11.1 Å². The van der Waals surface area contributed by atoms with E-state index in [1.165, 1.54) is 24.3 Å². The number of amides is 1. The van der Waals surface area contributed by atoms with Crippen LogP contribution < -0.4 is 5.32 Å². The molecule has 1 aliphatic heterocycles. The molecule has 2 aromatic carbocycles. The molecule has 0 bridgehead atoms. The van der Waals surface area contributed by atoms with Crippen molar-refractivity contribution in [1.82, 2.24) is 0 Å². The Morgan fingerprint density at radius 3 is 2.63 bits per heavy atom. The van der Waals surface area contributed by atoms with Crippen molar-refractivity contribution in [1.29, 1.82) is 0 Å². The van der Waals surface area contributed by atoms with Gasteiger partial charge in [-0.05, 0) is 35.4 Å². The van der Waals surface area contributed by atoms with Crippen LogP contribution in [0.2, 0.25) is 5.02 Å². The van der Waals surface area contributed by atoms with Crippen molar-refractivity contribution in [3.8, 4) is 11.1 Å². The molecule has 0 saturated carbocycles. The molecule has 0 radical (unpaired) electrons. The van der Waals surface area contributed by atoms with Crippen LogP contribution in [0, 0.1) is 5.82 Å². The molecule has 1 aromatic heterocycles. The summed E-state index contributed by atoms with van der Waals surface area (Å²) >= 11 is 7.23. The van der Waals surface area contributed by atoms with E-state index in [0.29, 0.717) is 21.8 Å². The number of fused-ring (bicyclic) bond motifs is 1. The molecule has 0 saturated heterocycles. The average Bonchev–Trinajstić information content (AvgIpc) is 3.01. The maximum absolute atomic E-state index is 13.3. The third kappa shape index (κ3) is 3.22. The molecular formula is C20H13ClFNO3S. The topological polar surface area (TPSA) is 66.4 Å². The summed E-state index contributed by atoms with van der Waals surface area (Å²) in [6.45, 7) is 0. The van der Waals surface area contributed by atoms with Crippen LogP contribution in [-0.2, 0) is 4.79 Å². The highest BCUT2D eigenvalue weighted by Gasteiger charge is 2.34. The zero-order valence-corrected chi connectivity index (χ0v) is 15.4. The van der Waals surface area contributed by atoms with E-state index in [2.05, 4.69) is 5.32 Å². The third-order valence-electron chi connectivity index (χ3n) is 4.48. The molecule has 136 valence electrons. The van der Waals surface area contributed by atoms with E-state index in [4.69, 9.17) is 11.6 Å². The number of hydrogen-bond acceptors (Lipinski definition) is 3. The Morgan fingerprint density at radius 1 is 1.22 bits per heavy atom. The van der Waals surface area contributed by atoms with Gasteiger partial charge in [0.05, 0.1) is 5.69 Å². The van der Waals surface area contributed by atoms with Gasteiger partial charge in [-0.1, -0.05) is 35.9 Å². The number of halogens is 2. The third-order valence-corrected chi connectivity index (χ3v) is 6.01. The van der Waals surface area contributed by atoms with Gasteiger partial charge in [-0.3, -0.25) is 4.79 Å². The summed E-state index contributed by atoms with van der Waals surface area (Å²) in [7, 11) is 0. The van der Waals surface area contributed by atoms with E-state index in [1.54, 1.807) is 18.2 Å². The number of aromatic carboxylic acids is 1. The maximum atomic E-state index is 13.3. The molecule has 1 atom stereocenters. The highest BCUT2D eigenvalue weighted by molar-refractivity contribution is 7.15. The lowest BCUT2D eigenvalue weighted by molar-refractivity contribution is -0.116. The smallest absolute Gasteiger partial charge is 0.346 e. The first-order valence-electron chi connectivity index (χ1n) is 8.15. The number of carboxylic acids is 1. The largest absolute Gasteiger partial charge is 0.477 e. The van der Waals surface area contributed by atoms with Crippen LogP contribution in [-0.4, -0.2) is 17.0 Å². The van der Waals surface area contributed by atoms with Crippen molar-refractivity contribution in [2.45, 2.75) is 12.3 Å². The van der Waals surface area contributed by atoms with Crippen molar-refractivity contribution in [2.24, 2.45) is 0 Å². The summed E-state index contributed by atoms with van der Waals surface area (Å²) in [5, 5.41) is 13.1. The summed E-state index contributed by atoms with van der Waals surface area (Å²) in [5.74, 6) is -2.00. The van der Waals surface area contributed by atoms with Crippen LogP contribution in [0.3, 0.4) is 0 Å². The predicted octanol–water partition coefficient (Wildman–Crippen LogP) is 5.38. The minimum Gasteiger partial charge on any atom is -0.477 e. The van der Waals surface area contributed by atoms with Gasteiger partial charge in [-0.25, -0.2) is 9.18 Å². The fourth-order valence-electron chi connectivity index (χ4n) is 3.32. The van der Waals surface area contributed by atoms with Gasteiger partial charge in [0.2, 0.25) is 5.91 Å². The number of benzene rings is 2. The second kappa shape index (κ2) is 6.79. The molecule has 0 fully saturated rings. The molecule has 2 heterocycles. The number of hydrogen-bond donors (Lipinski definition) is 2. The fourth-order valence-corrected chi connectivity index (χ4v) is 4.77. The first-order valence-corrected chi connectivity index (χ1v) is 9.34. The van der Waals surface area contributed by atoms with E-state index in [0.717, 1.165) is 21.8 Å². The van der Waals surface area contributed by atoms with Gasteiger partial charge in [-0.2, -0.15) is 0 Å². The van der Waals surface area contributed by atoms with Crippen LogP contribution in [0.15, 0.2) is 48.5 Å². The summed E-state index contributed by atoms with van der Waals surface area (Å²) in [6.07, 6.45) is 0.204. The Morgan fingerprint density at radius 2 is 1.96 bits per heavy atom. The standard InChI is InChI=1S/C20H13ClFNO3S/c21-12-3-1-2-11(8-12)14-9-15(24)23-17-16(10-4-6-13(22)7-5-10)19(20(25)26)27-18(14)17/h1-8,14H,9H2,(H,23,24)(H,25,26)/t14-/m1/s1. The molecule has 0 unspecified atom stereocenters. The van der Waals surface area contributed by atoms with Crippen molar-refractivity contribution in [3.63, 3.8) is 0 Å². The number of thiophene rings is 1. The number of carbonyl (C=O) groups excluding carboxylic acids is 1. The lowest BCUT2D eigenvalue weighted by Gasteiger charge is -2.24. The number of carboxylic acid groups (broad SMARTS) is 1. The lowest BCUT2D eigenvalue weighted by Crippen LogP contribution is -2.22. The summed E-state index contributed by atoms with van der Waals surface area (Å²) in [6, 6.07) is 12.8. The zero-order chi connectivity index (χ0) is 19.1. The summed E-state index contributed by atoms with van der Waals surface area (Å²) in [4.78, 5) is 25.1.